The third-order valence-corrected chi connectivity index (χ3v) is 3.56. The normalized spacial score (nSPS) is 23.9. The number of nitrogens with one attached hydrogen (secondary N) is 1. The Labute approximate surface area is 112 Å². The van der Waals surface area contributed by atoms with Gasteiger partial charge in [0, 0.05) is 18.3 Å². The van der Waals surface area contributed by atoms with Crippen molar-refractivity contribution in [1.29, 1.82) is 0 Å². The Morgan fingerprint density at radius 3 is 3.06 bits per heavy atom. The molecule has 0 amide bonds. The maximum atomic E-state index is 13.1. The van der Waals surface area contributed by atoms with E-state index in [-0.39, 0.29) is 10.8 Å². The summed E-state index contributed by atoms with van der Waals surface area (Å²) in [5, 5.41) is 3.57. The van der Waals surface area contributed by atoms with E-state index in [0.29, 0.717) is 12.1 Å². The lowest BCUT2D eigenvalue weighted by atomic mass is 10.00. The highest BCUT2D eigenvalue weighted by atomic mass is 35.5. The van der Waals surface area contributed by atoms with Gasteiger partial charge in [0.1, 0.15) is 5.82 Å². The fraction of sp³-hybridized carbons (Fsp3) is 0.571. The zero-order valence-electron chi connectivity index (χ0n) is 10.6. The van der Waals surface area contributed by atoms with Crippen molar-refractivity contribution < 1.29 is 9.13 Å². The second kappa shape index (κ2) is 6.39. The third-order valence-electron chi connectivity index (χ3n) is 3.27. The molecule has 2 unspecified atom stereocenters. The maximum Gasteiger partial charge on any atom is 0.141 e. The molecule has 1 aliphatic rings. The van der Waals surface area contributed by atoms with E-state index in [9.17, 15) is 4.39 Å². The topological polar surface area (TPSA) is 21.3 Å². The largest absolute Gasteiger partial charge is 0.382 e. The van der Waals surface area contributed by atoms with Gasteiger partial charge in [0.15, 0.2) is 0 Å². The van der Waals surface area contributed by atoms with Crippen molar-refractivity contribution in [1.82, 2.24) is 0 Å². The molecule has 4 heteroatoms. The first-order valence-corrected chi connectivity index (χ1v) is 6.90. The van der Waals surface area contributed by atoms with E-state index in [1.54, 1.807) is 12.1 Å². The zero-order valence-corrected chi connectivity index (χ0v) is 11.3. The van der Waals surface area contributed by atoms with E-state index in [4.69, 9.17) is 16.3 Å². The minimum Gasteiger partial charge on any atom is -0.382 e. The number of ether oxygens (including phenoxy) is 1. The molecule has 100 valence electrons. The van der Waals surface area contributed by atoms with Crippen molar-refractivity contribution in [3.63, 3.8) is 0 Å². The summed E-state index contributed by atoms with van der Waals surface area (Å²) >= 11 is 5.77. The molecule has 1 aromatic rings. The zero-order chi connectivity index (χ0) is 13.0. The van der Waals surface area contributed by atoms with Crippen LogP contribution in [-0.2, 0) is 4.74 Å². The van der Waals surface area contributed by atoms with Gasteiger partial charge in [-0.2, -0.15) is 0 Å². The lowest BCUT2D eigenvalue weighted by Crippen LogP contribution is -2.33. The molecule has 0 spiro atoms. The Morgan fingerprint density at radius 1 is 1.50 bits per heavy atom. The highest BCUT2D eigenvalue weighted by Gasteiger charge is 2.21. The Kier molecular flexibility index (Phi) is 4.84. The van der Waals surface area contributed by atoms with Crippen molar-refractivity contribution in [2.24, 2.45) is 0 Å². The van der Waals surface area contributed by atoms with Crippen LogP contribution in [0.15, 0.2) is 18.2 Å². The Balaban J connectivity index is 1.93. The van der Waals surface area contributed by atoms with Gasteiger partial charge < -0.3 is 10.1 Å². The number of hydrogen-bond donors (Lipinski definition) is 1. The molecule has 0 radical (unpaired) electrons. The molecular weight excluding hydrogens is 253 g/mol. The number of rotatable bonds is 4. The summed E-state index contributed by atoms with van der Waals surface area (Å²) in [6.07, 6.45) is 4.57. The van der Waals surface area contributed by atoms with Crippen LogP contribution in [0.1, 0.15) is 32.6 Å². The van der Waals surface area contributed by atoms with Gasteiger partial charge in [0.05, 0.1) is 11.1 Å². The van der Waals surface area contributed by atoms with Crippen molar-refractivity contribution in [2.75, 3.05) is 11.9 Å². The van der Waals surface area contributed by atoms with Crippen molar-refractivity contribution in [3.05, 3.63) is 29.0 Å². The highest BCUT2D eigenvalue weighted by Crippen LogP contribution is 2.24. The van der Waals surface area contributed by atoms with Gasteiger partial charge in [0.25, 0.3) is 0 Å². The fourth-order valence-corrected chi connectivity index (χ4v) is 2.54. The first-order valence-electron chi connectivity index (χ1n) is 6.52. The SMILES string of the molecule is CCCC1CC(Nc2ccc(F)c(Cl)c2)CCO1. The van der Waals surface area contributed by atoms with E-state index in [1.807, 2.05) is 0 Å². The molecule has 0 saturated carbocycles. The molecule has 1 aliphatic heterocycles. The molecule has 1 fully saturated rings. The second-order valence-electron chi connectivity index (χ2n) is 4.78. The van der Waals surface area contributed by atoms with Gasteiger partial charge in [-0.1, -0.05) is 24.9 Å². The maximum absolute atomic E-state index is 13.1. The lowest BCUT2D eigenvalue weighted by molar-refractivity contribution is 0.00598. The summed E-state index contributed by atoms with van der Waals surface area (Å²) in [6, 6.07) is 5.15. The average Bonchev–Trinajstić information content (AvgIpc) is 2.35. The standard InChI is InChI=1S/C14H19ClFNO/c1-2-3-12-8-11(6-7-18-12)17-10-4-5-14(16)13(15)9-10/h4-5,9,11-12,17H,2-3,6-8H2,1H3. The summed E-state index contributed by atoms with van der Waals surface area (Å²) in [4.78, 5) is 0. The minimum atomic E-state index is -0.377. The van der Waals surface area contributed by atoms with Crippen LogP contribution in [0.4, 0.5) is 10.1 Å². The van der Waals surface area contributed by atoms with Crippen molar-refractivity contribution in [3.8, 4) is 0 Å². The lowest BCUT2D eigenvalue weighted by Gasteiger charge is -2.30. The van der Waals surface area contributed by atoms with Crippen LogP contribution < -0.4 is 5.32 Å². The fourth-order valence-electron chi connectivity index (χ4n) is 2.36. The van der Waals surface area contributed by atoms with E-state index in [1.165, 1.54) is 6.07 Å². The monoisotopic (exact) mass is 271 g/mol. The smallest absolute Gasteiger partial charge is 0.141 e. The first kappa shape index (κ1) is 13.6. The first-order chi connectivity index (χ1) is 8.69. The Morgan fingerprint density at radius 2 is 2.33 bits per heavy atom. The van der Waals surface area contributed by atoms with Gasteiger partial charge in [-0.25, -0.2) is 4.39 Å². The average molecular weight is 272 g/mol. The summed E-state index contributed by atoms with van der Waals surface area (Å²) in [5.41, 5.74) is 0.878. The van der Waals surface area contributed by atoms with E-state index in [2.05, 4.69) is 12.2 Å². The van der Waals surface area contributed by atoms with Crippen LogP contribution in [0.25, 0.3) is 0 Å². The third kappa shape index (κ3) is 3.59. The minimum absolute atomic E-state index is 0.164. The van der Waals surface area contributed by atoms with Crippen LogP contribution in [-0.4, -0.2) is 18.8 Å². The van der Waals surface area contributed by atoms with Crippen LogP contribution >= 0.6 is 11.6 Å². The molecule has 1 N–H and O–H groups in total. The molecule has 2 atom stereocenters. The molecule has 2 nitrogen and oxygen atoms in total. The highest BCUT2D eigenvalue weighted by molar-refractivity contribution is 6.31. The van der Waals surface area contributed by atoms with Crippen LogP contribution in [0, 0.1) is 5.82 Å². The summed E-state index contributed by atoms with van der Waals surface area (Å²) < 4.78 is 18.8. The Bertz CT molecular complexity index is 397. The number of anilines is 1. The number of hydrogen-bond acceptors (Lipinski definition) is 2. The summed E-state index contributed by atoms with van der Waals surface area (Å²) in [6.45, 7) is 2.96. The number of halogens is 2. The van der Waals surface area contributed by atoms with Crippen molar-refractivity contribution in [2.45, 2.75) is 44.8 Å². The van der Waals surface area contributed by atoms with Gasteiger partial charge in [-0.3, -0.25) is 0 Å². The molecule has 18 heavy (non-hydrogen) atoms. The summed E-state index contributed by atoms with van der Waals surface area (Å²) in [7, 11) is 0. The van der Waals surface area contributed by atoms with Crippen LogP contribution in [0.5, 0.6) is 0 Å². The molecule has 2 rings (SSSR count). The molecule has 0 aliphatic carbocycles. The van der Waals surface area contributed by atoms with Gasteiger partial charge in [0.2, 0.25) is 0 Å². The molecule has 1 saturated heterocycles. The van der Waals surface area contributed by atoms with E-state index in [0.717, 1.165) is 38.0 Å². The summed E-state index contributed by atoms with van der Waals surface area (Å²) in [5.74, 6) is -0.377. The van der Waals surface area contributed by atoms with Gasteiger partial charge in [-0.05, 0) is 37.5 Å². The Hall–Kier alpha value is -0.800. The molecule has 1 heterocycles. The predicted octanol–water partition coefficient (Wildman–Crippen LogP) is 4.24. The van der Waals surface area contributed by atoms with Crippen LogP contribution in [0.2, 0.25) is 5.02 Å². The predicted molar refractivity (Wildman–Crippen MR) is 72.7 cm³/mol. The van der Waals surface area contributed by atoms with Gasteiger partial charge >= 0.3 is 0 Å². The quantitative estimate of drug-likeness (QED) is 0.884. The van der Waals surface area contributed by atoms with Gasteiger partial charge in [-0.15, -0.1) is 0 Å². The van der Waals surface area contributed by atoms with Crippen molar-refractivity contribution >= 4 is 17.3 Å². The van der Waals surface area contributed by atoms with Crippen LogP contribution in [0.3, 0.4) is 0 Å². The number of benzene rings is 1. The van der Waals surface area contributed by atoms with E-state index < -0.39 is 0 Å². The molecule has 1 aromatic carbocycles. The van der Waals surface area contributed by atoms with E-state index >= 15 is 0 Å². The molecule has 0 aromatic heterocycles. The molecule has 0 bridgehead atoms. The molecular formula is C14H19ClFNO. The second-order valence-corrected chi connectivity index (χ2v) is 5.18.